The van der Waals surface area contributed by atoms with E-state index in [-0.39, 0.29) is 23.8 Å². The average molecular weight is 353 g/mol. The molecule has 128 valence electrons. The van der Waals surface area contributed by atoms with Gasteiger partial charge in [0.1, 0.15) is 11.4 Å². The van der Waals surface area contributed by atoms with Gasteiger partial charge in [-0.3, -0.25) is 9.59 Å². The van der Waals surface area contributed by atoms with Crippen LogP contribution in [0.15, 0.2) is 41.1 Å². The molecular weight excluding hydrogens is 334 g/mol. The van der Waals surface area contributed by atoms with Gasteiger partial charge < -0.3 is 9.64 Å². The third kappa shape index (κ3) is 2.25. The molecule has 1 spiro atoms. The number of Topliss-reactive ketones (excluding diaryl/α,β-unsaturated/α-hetero) is 1. The molecule has 1 aromatic carbocycles. The molecule has 1 aromatic heterocycles. The second kappa shape index (κ2) is 5.43. The smallest absolute Gasteiger partial charge is 0.227 e. The molecule has 3 atom stereocenters. The highest BCUT2D eigenvalue weighted by atomic mass is 32.1. The molecule has 3 aliphatic rings. The molecule has 2 saturated heterocycles. The normalized spacial score (nSPS) is 29.8. The minimum absolute atomic E-state index is 0.0148. The summed E-state index contributed by atoms with van der Waals surface area (Å²) in [5.74, 6) is 0.980. The summed E-state index contributed by atoms with van der Waals surface area (Å²) in [4.78, 5) is 27.6. The van der Waals surface area contributed by atoms with Crippen LogP contribution in [-0.2, 0) is 11.2 Å². The summed E-state index contributed by atoms with van der Waals surface area (Å²) in [6.45, 7) is 0. The number of benzene rings is 1. The Bertz CT molecular complexity index is 846. The lowest BCUT2D eigenvalue weighted by Crippen LogP contribution is -2.52. The van der Waals surface area contributed by atoms with E-state index >= 15 is 0 Å². The number of hydrogen-bond donors (Lipinski definition) is 0. The Morgan fingerprint density at radius 3 is 3.00 bits per heavy atom. The van der Waals surface area contributed by atoms with E-state index in [9.17, 15) is 9.59 Å². The van der Waals surface area contributed by atoms with Crippen LogP contribution in [0.3, 0.4) is 0 Å². The van der Waals surface area contributed by atoms with Gasteiger partial charge in [0.15, 0.2) is 5.78 Å². The number of ketones is 1. The number of rotatable bonds is 2. The van der Waals surface area contributed by atoms with Crippen molar-refractivity contribution in [3.8, 4) is 5.75 Å². The molecule has 25 heavy (non-hydrogen) atoms. The van der Waals surface area contributed by atoms with Crippen LogP contribution < -0.4 is 4.74 Å². The van der Waals surface area contributed by atoms with E-state index in [1.165, 1.54) is 0 Å². The van der Waals surface area contributed by atoms with Gasteiger partial charge in [0.25, 0.3) is 0 Å². The number of amides is 1. The van der Waals surface area contributed by atoms with E-state index in [4.69, 9.17) is 4.74 Å². The van der Waals surface area contributed by atoms with Crippen molar-refractivity contribution in [2.75, 3.05) is 0 Å². The Kier molecular flexibility index (Phi) is 3.29. The third-order valence-electron chi connectivity index (χ3n) is 5.87. The van der Waals surface area contributed by atoms with Crippen molar-refractivity contribution in [3.63, 3.8) is 0 Å². The summed E-state index contributed by atoms with van der Waals surface area (Å²) < 4.78 is 6.39. The fraction of sp³-hybridized carbons (Fsp3) is 0.400. The molecule has 4 nitrogen and oxygen atoms in total. The van der Waals surface area contributed by atoms with Gasteiger partial charge in [-0.05, 0) is 47.4 Å². The zero-order valence-corrected chi connectivity index (χ0v) is 14.6. The number of carbonyl (C=O) groups excluding carboxylic acids is 2. The first-order valence-corrected chi connectivity index (χ1v) is 9.74. The third-order valence-corrected chi connectivity index (χ3v) is 6.61. The zero-order chi connectivity index (χ0) is 17.0. The van der Waals surface area contributed by atoms with E-state index in [2.05, 4.69) is 0 Å². The van der Waals surface area contributed by atoms with Crippen molar-refractivity contribution in [1.82, 2.24) is 4.90 Å². The highest BCUT2D eigenvalue weighted by Crippen LogP contribution is 2.51. The van der Waals surface area contributed by atoms with E-state index in [1.807, 2.05) is 46.0 Å². The van der Waals surface area contributed by atoms with E-state index in [0.29, 0.717) is 24.2 Å². The van der Waals surface area contributed by atoms with Crippen molar-refractivity contribution < 1.29 is 14.3 Å². The second-order valence-corrected chi connectivity index (χ2v) is 8.10. The molecule has 1 amide bonds. The van der Waals surface area contributed by atoms with Crippen molar-refractivity contribution in [2.24, 2.45) is 0 Å². The predicted molar refractivity (Wildman–Crippen MR) is 95.0 cm³/mol. The largest absolute Gasteiger partial charge is 0.484 e. The summed E-state index contributed by atoms with van der Waals surface area (Å²) in [6.07, 6.45) is 3.54. The number of ether oxygens (including phenoxy) is 1. The second-order valence-electron chi connectivity index (χ2n) is 7.32. The topological polar surface area (TPSA) is 46.6 Å². The fourth-order valence-electron chi connectivity index (χ4n) is 4.88. The molecule has 0 unspecified atom stereocenters. The highest BCUT2D eigenvalue weighted by molar-refractivity contribution is 7.08. The zero-order valence-electron chi connectivity index (χ0n) is 13.8. The minimum Gasteiger partial charge on any atom is -0.484 e. The Morgan fingerprint density at radius 1 is 1.28 bits per heavy atom. The molecule has 5 rings (SSSR count). The van der Waals surface area contributed by atoms with Crippen molar-refractivity contribution in [3.05, 3.63) is 52.2 Å². The lowest BCUT2D eigenvalue weighted by atomic mass is 9.78. The van der Waals surface area contributed by atoms with Gasteiger partial charge in [-0.15, -0.1) is 0 Å². The molecule has 3 aliphatic heterocycles. The van der Waals surface area contributed by atoms with Crippen molar-refractivity contribution in [2.45, 2.75) is 49.8 Å². The number of thiophene rings is 1. The van der Waals surface area contributed by atoms with Crippen LogP contribution in [0.4, 0.5) is 0 Å². The van der Waals surface area contributed by atoms with Crippen molar-refractivity contribution in [1.29, 1.82) is 0 Å². The number of para-hydroxylation sites is 1. The first-order valence-electron chi connectivity index (χ1n) is 8.80. The Hall–Kier alpha value is -2.14. The van der Waals surface area contributed by atoms with Crippen LogP contribution >= 0.6 is 11.3 Å². The van der Waals surface area contributed by atoms with Gasteiger partial charge in [0.05, 0.1) is 24.4 Å². The predicted octanol–water partition coefficient (Wildman–Crippen LogP) is 3.46. The van der Waals surface area contributed by atoms with E-state index in [1.54, 1.807) is 11.3 Å². The van der Waals surface area contributed by atoms with Crippen LogP contribution in [-0.4, -0.2) is 34.3 Å². The van der Waals surface area contributed by atoms with Crippen molar-refractivity contribution >= 4 is 23.0 Å². The molecule has 0 aliphatic carbocycles. The van der Waals surface area contributed by atoms with Crippen LogP contribution in [0.25, 0.3) is 0 Å². The average Bonchev–Trinajstić information content (AvgIpc) is 3.30. The highest BCUT2D eigenvalue weighted by Gasteiger charge is 2.61. The van der Waals surface area contributed by atoms with Gasteiger partial charge in [-0.1, -0.05) is 12.1 Å². The monoisotopic (exact) mass is 353 g/mol. The number of hydrogen-bond acceptors (Lipinski definition) is 4. The quantitative estimate of drug-likeness (QED) is 0.831. The standard InChI is InChI=1S/C20H19NO3S/c22-16-11-20(24-17-4-2-1-3-15(16)17)10-14-5-6-18(20)21(14)19(23)9-13-7-8-25-12-13/h1-4,7-8,12,14,18H,5-6,9-11H2/t14-,18+,20+/m1/s1. The molecule has 2 aromatic rings. The Morgan fingerprint density at radius 2 is 2.16 bits per heavy atom. The number of nitrogens with zero attached hydrogens (tertiary/aromatic N) is 1. The molecule has 5 heteroatoms. The Balaban J connectivity index is 1.44. The summed E-state index contributed by atoms with van der Waals surface area (Å²) in [7, 11) is 0. The Labute approximate surface area is 150 Å². The van der Waals surface area contributed by atoms with Crippen LogP contribution in [0.1, 0.15) is 41.6 Å². The molecule has 2 bridgehead atoms. The molecule has 4 heterocycles. The first kappa shape index (κ1) is 15.1. The SMILES string of the molecule is O=C1C[C@]2(C[C@H]3CC[C@@H]2N3C(=O)Cc2ccsc2)Oc2ccccc21. The van der Waals surface area contributed by atoms with Gasteiger partial charge in [0, 0.05) is 12.5 Å². The lowest BCUT2D eigenvalue weighted by molar-refractivity contribution is -0.133. The minimum atomic E-state index is -0.529. The molecule has 2 fully saturated rings. The summed E-state index contributed by atoms with van der Waals surface area (Å²) in [5.41, 5.74) is 1.21. The van der Waals surface area contributed by atoms with E-state index < -0.39 is 5.60 Å². The summed E-state index contributed by atoms with van der Waals surface area (Å²) in [6, 6.07) is 9.70. The number of fused-ring (bicyclic) bond motifs is 4. The molecule has 0 N–H and O–H groups in total. The molecular formula is C20H19NO3S. The maximum Gasteiger partial charge on any atom is 0.227 e. The van der Waals surface area contributed by atoms with Crippen LogP contribution in [0.2, 0.25) is 0 Å². The summed E-state index contributed by atoms with van der Waals surface area (Å²) in [5, 5.41) is 4.03. The van der Waals surface area contributed by atoms with Gasteiger partial charge >= 0.3 is 0 Å². The molecule has 0 radical (unpaired) electrons. The van der Waals surface area contributed by atoms with Crippen LogP contribution in [0, 0.1) is 0 Å². The van der Waals surface area contributed by atoms with E-state index in [0.717, 1.165) is 24.8 Å². The first-order chi connectivity index (χ1) is 12.2. The fourth-order valence-corrected chi connectivity index (χ4v) is 5.55. The van der Waals surface area contributed by atoms with Gasteiger partial charge in [-0.2, -0.15) is 11.3 Å². The lowest BCUT2D eigenvalue weighted by Gasteiger charge is -2.40. The van der Waals surface area contributed by atoms with Gasteiger partial charge in [-0.25, -0.2) is 0 Å². The van der Waals surface area contributed by atoms with Gasteiger partial charge in [0.2, 0.25) is 5.91 Å². The number of carbonyl (C=O) groups is 2. The summed E-state index contributed by atoms with van der Waals surface area (Å²) >= 11 is 1.62. The van der Waals surface area contributed by atoms with Crippen LogP contribution in [0.5, 0.6) is 5.75 Å². The maximum atomic E-state index is 12.9. The molecule has 0 saturated carbocycles. The maximum absolute atomic E-state index is 12.9.